The predicted octanol–water partition coefficient (Wildman–Crippen LogP) is 3.86. The van der Waals surface area contributed by atoms with Crippen molar-refractivity contribution < 1.29 is 0 Å². The fraction of sp³-hybridized carbons (Fsp3) is 0.214. The quantitative estimate of drug-likeness (QED) is 0.781. The SMILES string of the molecule is CNC(Cc1csc2ccccc12)c1cscn1. The Morgan fingerprint density at radius 1 is 1.28 bits per heavy atom. The minimum atomic E-state index is 0.300. The molecular weight excluding hydrogens is 260 g/mol. The van der Waals surface area contributed by atoms with Crippen molar-refractivity contribution in [3.05, 3.63) is 51.8 Å². The Morgan fingerprint density at radius 3 is 2.94 bits per heavy atom. The Balaban J connectivity index is 1.91. The molecule has 0 spiro atoms. The molecule has 3 rings (SSSR count). The van der Waals surface area contributed by atoms with Crippen LogP contribution < -0.4 is 5.32 Å². The summed E-state index contributed by atoms with van der Waals surface area (Å²) in [7, 11) is 2.00. The van der Waals surface area contributed by atoms with Crippen LogP contribution in [0.15, 0.2) is 40.5 Å². The molecule has 1 unspecified atom stereocenters. The largest absolute Gasteiger partial charge is 0.311 e. The number of likely N-dealkylation sites (N-methyl/N-ethyl adjacent to an activating group) is 1. The van der Waals surface area contributed by atoms with Crippen molar-refractivity contribution in [3.8, 4) is 0 Å². The molecule has 18 heavy (non-hydrogen) atoms. The van der Waals surface area contributed by atoms with E-state index in [2.05, 4.69) is 45.3 Å². The second-order valence-corrected chi connectivity index (χ2v) is 5.85. The highest BCUT2D eigenvalue weighted by molar-refractivity contribution is 7.17. The average Bonchev–Trinajstić information content (AvgIpc) is 3.06. The molecule has 0 aliphatic rings. The number of benzene rings is 1. The molecule has 2 heterocycles. The van der Waals surface area contributed by atoms with Gasteiger partial charge in [-0.25, -0.2) is 4.98 Å². The number of nitrogens with zero attached hydrogens (tertiary/aromatic N) is 1. The molecule has 2 aromatic heterocycles. The van der Waals surface area contributed by atoms with Crippen LogP contribution in [0.25, 0.3) is 10.1 Å². The first-order chi connectivity index (χ1) is 8.88. The van der Waals surface area contributed by atoms with Gasteiger partial charge in [0.1, 0.15) is 0 Å². The van der Waals surface area contributed by atoms with E-state index in [1.807, 2.05) is 23.9 Å². The van der Waals surface area contributed by atoms with Gasteiger partial charge in [0.15, 0.2) is 0 Å². The smallest absolute Gasteiger partial charge is 0.0795 e. The average molecular weight is 274 g/mol. The van der Waals surface area contributed by atoms with Crippen molar-refractivity contribution in [2.75, 3.05) is 7.05 Å². The molecule has 3 aromatic rings. The molecule has 0 saturated carbocycles. The molecule has 0 aliphatic heterocycles. The fourth-order valence-corrected chi connectivity index (χ4v) is 3.74. The third kappa shape index (κ3) is 2.19. The zero-order valence-corrected chi connectivity index (χ0v) is 11.7. The van der Waals surface area contributed by atoms with Crippen LogP contribution >= 0.6 is 22.7 Å². The molecule has 1 N–H and O–H groups in total. The molecule has 4 heteroatoms. The zero-order valence-electron chi connectivity index (χ0n) is 10.1. The number of nitrogens with one attached hydrogen (secondary N) is 1. The zero-order chi connectivity index (χ0) is 12.4. The van der Waals surface area contributed by atoms with Crippen molar-refractivity contribution in [2.45, 2.75) is 12.5 Å². The summed E-state index contributed by atoms with van der Waals surface area (Å²) in [5.74, 6) is 0. The van der Waals surface area contributed by atoms with Gasteiger partial charge in [0.2, 0.25) is 0 Å². The van der Waals surface area contributed by atoms with Crippen LogP contribution in [0.5, 0.6) is 0 Å². The monoisotopic (exact) mass is 274 g/mol. The lowest BCUT2D eigenvalue weighted by molar-refractivity contribution is 0.581. The van der Waals surface area contributed by atoms with Crippen molar-refractivity contribution in [2.24, 2.45) is 0 Å². The van der Waals surface area contributed by atoms with E-state index in [-0.39, 0.29) is 0 Å². The summed E-state index contributed by atoms with van der Waals surface area (Å²) >= 11 is 3.47. The van der Waals surface area contributed by atoms with Gasteiger partial charge in [0.05, 0.1) is 17.2 Å². The summed E-state index contributed by atoms with van der Waals surface area (Å²) in [6, 6.07) is 8.89. The molecule has 0 radical (unpaired) electrons. The Morgan fingerprint density at radius 2 is 2.17 bits per heavy atom. The highest BCUT2D eigenvalue weighted by Gasteiger charge is 2.14. The van der Waals surface area contributed by atoms with Crippen LogP contribution in [0.1, 0.15) is 17.3 Å². The van der Waals surface area contributed by atoms with Crippen LogP contribution in [0.4, 0.5) is 0 Å². The minimum Gasteiger partial charge on any atom is -0.311 e. The lowest BCUT2D eigenvalue weighted by atomic mass is 10.0. The number of rotatable bonds is 4. The number of thiophene rings is 1. The summed E-state index contributed by atoms with van der Waals surface area (Å²) < 4.78 is 1.36. The van der Waals surface area contributed by atoms with Crippen molar-refractivity contribution in [3.63, 3.8) is 0 Å². The first-order valence-corrected chi connectivity index (χ1v) is 7.71. The second-order valence-electron chi connectivity index (χ2n) is 4.22. The van der Waals surface area contributed by atoms with E-state index in [0.29, 0.717) is 6.04 Å². The molecule has 1 aromatic carbocycles. The third-order valence-electron chi connectivity index (χ3n) is 3.14. The van der Waals surface area contributed by atoms with Gasteiger partial charge in [-0.1, -0.05) is 18.2 Å². The summed E-state index contributed by atoms with van der Waals surface area (Å²) in [4.78, 5) is 4.41. The minimum absolute atomic E-state index is 0.300. The van der Waals surface area contributed by atoms with Crippen molar-refractivity contribution in [1.29, 1.82) is 0 Å². The first-order valence-electron chi connectivity index (χ1n) is 5.89. The maximum absolute atomic E-state index is 4.41. The van der Waals surface area contributed by atoms with Gasteiger partial charge < -0.3 is 5.32 Å². The number of hydrogen-bond donors (Lipinski definition) is 1. The molecule has 1 atom stereocenters. The Bertz CT molecular complexity index is 628. The highest BCUT2D eigenvalue weighted by Crippen LogP contribution is 2.29. The number of hydrogen-bond acceptors (Lipinski definition) is 4. The van der Waals surface area contributed by atoms with Crippen molar-refractivity contribution in [1.82, 2.24) is 10.3 Å². The van der Waals surface area contributed by atoms with Crippen LogP contribution in [-0.2, 0) is 6.42 Å². The molecule has 0 bridgehead atoms. The number of aromatic nitrogens is 1. The maximum atomic E-state index is 4.41. The van der Waals surface area contributed by atoms with Gasteiger partial charge in [0, 0.05) is 10.1 Å². The molecule has 2 nitrogen and oxygen atoms in total. The fourth-order valence-electron chi connectivity index (χ4n) is 2.16. The van der Waals surface area contributed by atoms with Crippen LogP contribution in [0.3, 0.4) is 0 Å². The summed E-state index contributed by atoms with van der Waals surface area (Å²) in [5, 5.41) is 9.12. The van der Waals surface area contributed by atoms with E-state index in [1.165, 1.54) is 15.6 Å². The van der Waals surface area contributed by atoms with Gasteiger partial charge in [-0.2, -0.15) is 0 Å². The first kappa shape index (κ1) is 11.8. The lowest BCUT2D eigenvalue weighted by Gasteiger charge is -2.13. The van der Waals surface area contributed by atoms with E-state index >= 15 is 0 Å². The number of fused-ring (bicyclic) bond motifs is 1. The van der Waals surface area contributed by atoms with E-state index < -0.39 is 0 Å². The molecule has 92 valence electrons. The molecule has 0 fully saturated rings. The summed E-state index contributed by atoms with van der Waals surface area (Å²) in [6.45, 7) is 0. The van der Waals surface area contributed by atoms with Gasteiger partial charge in [-0.15, -0.1) is 22.7 Å². The predicted molar refractivity (Wildman–Crippen MR) is 79.4 cm³/mol. The maximum Gasteiger partial charge on any atom is 0.0795 e. The van der Waals surface area contributed by atoms with Crippen LogP contribution in [0, 0.1) is 0 Å². The topological polar surface area (TPSA) is 24.9 Å². The van der Waals surface area contributed by atoms with Crippen LogP contribution in [-0.4, -0.2) is 12.0 Å². The van der Waals surface area contributed by atoms with Crippen LogP contribution in [0.2, 0.25) is 0 Å². The van der Waals surface area contributed by atoms with E-state index in [0.717, 1.165) is 12.1 Å². The molecule has 0 aliphatic carbocycles. The Kier molecular flexibility index (Phi) is 3.41. The normalized spacial score (nSPS) is 12.9. The van der Waals surface area contributed by atoms with Gasteiger partial charge >= 0.3 is 0 Å². The number of thiazole rings is 1. The van der Waals surface area contributed by atoms with Crippen molar-refractivity contribution >= 4 is 32.8 Å². The standard InChI is InChI=1S/C14H14N2S2/c1-15-12(13-8-17-9-16-13)6-10-7-18-14-5-3-2-4-11(10)14/h2-5,7-9,12,15H,6H2,1H3. The highest BCUT2D eigenvalue weighted by atomic mass is 32.1. The second kappa shape index (κ2) is 5.18. The Labute approximate surface area is 114 Å². The molecular formula is C14H14N2S2. The van der Waals surface area contributed by atoms with Gasteiger partial charge in [0.25, 0.3) is 0 Å². The van der Waals surface area contributed by atoms with E-state index in [1.54, 1.807) is 11.3 Å². The lowest BCUT2D eigenvalue weighted by Crippen LogP contribution is -2.18. The Hall–Kier alpha value is -1.23. The van der Waals surface area contributed by atoms with Gasteiger partial charge in [-0.05, 0) is 35.9 Å². The summed E-state index contributed by atoms with van der Waals surface area (Å²) in [5.41, 5.74) is 4.44. The van der Waals surface area contributed by atoms with Gasteiger partial charge in [-0.3, -0.25) is 0 Å². The molecule has 0 amide bonds. The molecule has 0 saturated heterocycles. The summed E-state index contributed by atoms with van der Waals surface area (Å²) in [6.07, 6.45) is 0.990. The van der Waals surface area contributed by atoms with E-state index in [9.17, 15) is 0 Å². The third-order valence-corrected chi connectivity index (χ3v) is 4.76. The van der Waals surface area contributed by atoms with E-state index in [4.69, 9.17) is 0 Å².